The number of nitrogens with zero attached hydrogens (tertiary/aromatic N) is 2. The van der Waals surface area contributed by atoms with Gasteiger partial charge in [0.25, 0.3) is 0 Å². The fourth-order valence-electron chi connectivity index (χ4n) is 4.85. The summed E-state index contributed by atoms with van der Waals surface area (Å²) < 4.78 is 44.5. The third kappa shape index (κ3) is 4.68. The van der Waals surface area contributed by atoms with Crippen LogP contribution >= 0.6 is 0 Å². The number of aryl methyl sites for hydroxylation is 1. The number of fused-ring (bicyclic) bond motifs is 2. The average Bonchev–Trinajstić information content (AvgIpc) is 2.83. The molecule has 0 aliphatic carbocycles. The second kappa shape index (κ2) is 9.29. The van der Waals surface area contributed by atoms with Crippen LogP contribution in [0, 0.1) is 6.92 Å². The molecular weight excluding hydrogens is 468 g/mol. The molecule has 0 amide bonds. The van der Waals surface area contributed by atoms with Gasteiger partial charge in [-0.05, 0) is 53.8 Å². The van der Waals surface area contributed by atoms with Crippen LogP contribution in [0.15, 0.2) is 50.5 Å². The standard InChI is InChI=1S/C26H30N2O6S/c1-17(2)21-15-22-19(13-26(29)34-24(22)12-18(21)3)16-27-6-8-28(9-7-27)35(30,31)20-4-5-23-25(14-20)33-11-10-32-23/h4-5,12-15,17H,6-11,16H2,1-3H3. The minimum absolute atomic E-state index is 0.207. The Bertz CT molecular complexity index is 1420. The molecule has 2 aliphatic rings. The first-order valence-corrected chi connectivity index (χ1v) is 13.4. The van der Waals surface area contributed by atoms with Crippen molar-refractivity contribution in [2.75, 3.05) is 39.4 Å². The van der Waals surface area contributed by atoms with E-state index in [1.54, 1.807) is 24.3 Å². The Morgan fingerprint density at radius 3 is 2.37 bits per heavy atom. The van der Waals surface area contributed by atoms with Crippen molar-refractivity contribution < 1.29 is 22.3 Å². The van der Waals surface area contributed by atoms with Crippen LogP contribution in [0.5, 0.6) is 11.5 Å². The molecule has 0 unspecified atom stereocenters. The van der Waals surface area contributed by atoms with Gasteiger partial charge in [0.2, 0.25) is 10.0 Å². The summed E-state index contributed by atoms with van der Waals surface area (Å²) in [6.45, 7) is 9.60. The van der Waals surface area contributed by atoms with Crippen molar-refractivity contribution in [2.24, 2.45) is 0 Å². The molecule has 3 aromatic rings. The zero-order valence-corrected chi connectivity index (χ0v) is 21.1. The highest BCUT2D eigenvalue weighted by atomic mass is 32.2. The monoisotopic (exact) mass is 498 g/mol. The molecule has 1 aromatic heterocycles. The highest BCUT2D eigenvalue weighted by Gasteiger charge is 2.30. The lowest BCUT2D eigenvalue weighted by atomic mass is 9.95. The normalized spacial score (nSPS) is 17.3. The van der Waals surface area contributed by atoms with Gasteiger partial charge in [0.15, 0.2) is 11.5 Å². The molecule has 3 heterocycles. The van der Waals surface area contributed by atoms with E-state index in [-0.39, 0.29) is 10.5 Å². The number of rotatable bonds is 5. The van der Waals surface area contributed by atoms with Crippen molar-refractivity contribution in [3.05, 3.63) is 63.5 Å². The van der Waals surface area contributed by atoms with Gasteiger partial charge in [0, 0.05) is 50.2 Å². The van der Waals surface area contributed by atoms with Crippen molar-refractivity contribution in [3.63, 3.8) is 0 Å². The van der Waals surface area contributed by atoms with Crippen LogP contribution < -0.4 is 15.1 Å². The zero-order valence-electron chi connectivity index (χ0n) is 20.2. The summed E-state index contributed by atoms with van der Waals surface area (Å²) in [4.78, 5) is 14.6. The Labute approximate surface area is 205 Å². The second-order valence-electron chi connectivity index (χ2n) is 9.44. The highest BCUT2D eigenvalue weighted by molar-refractivity contribution is 7.89. The number of ether oxygens (including phenoxy) is 2. The number of piperazine rings is 1. The molecule has 0 saturated carbocycles. The summed E-state index contributed by atoms with van der Waals surface area (Å²) in [5, 5.41) is 0.935. The SMILES string of the molecule is Cc1cc2oc(=O)cc(CN3CCN(S(=O)(=O)c4ccc5c(c4)OCCO5)CC3)c2cc1C(C)C. The van der Waals surface area contributed by atoms with Crippen molar-refractivity contribution in [2.45, 2.75) is 38.1 Å². The first kappa shape index (κ1) is 23.8. The minimum atomic E-state index is -3.65. The number of hydrogen-bond donors (Lipinski definition) is 0. The first-order chi connectivity index (χ1) is 16.7. The Kier molecular flexibility index (Phi) is 6.33. The predicted molar refractivity (Wildman–Crippen MR) is 133 cm³/mol. The molecule has 9 heteroatoms. The largest absolute Gasteiger partial charge is 0.486 e. The fourth-order valence-corrected chi connectivity index (χ4v) is 6.28. The van der Waals surface area contributed by atoms with Crippen LogP contribution in [0.4, 0.5) is 0 Å². The van der Waals surface area contributed by atoms with Crippen LogP contribution in [0.3, 0.4) is 0 Å². The fraction of sp³-hybridized carbons (Fsp3) is 0.423. The average molecular weight is 499 g/mol. The number of hydrogen-bond acceptors (Lipinski definition) is 7. The van der Waals surface area contributed by atoms with E-state index in [2.05, 4.69) is 24.8 Å². The van der Waals surface area contributed by atoms with Crippen molar-refractivity contribution in [1.29, 1.82) is 0 Å². The van der Waals surface area contributed by atoms with E-state index in [1.807, 2.05) is 13.0 Å². The van der Waals surface area contributed by atoms with Crippen LogP contribution in [0.2, 0.25) is 0 Å². The van der Waals surface area contributed by atoms with Gasteiger partial charge in [0.05, 0.1) is 4.90 Å². The molecular formula is C26H30N2O6S. The molecule has 0 spiro atoms. The van der Waals surface area contributed by atoms with Crippen LogP contribution in [0.25, 0.3) is 11.0 Å². The zero-order chi connectivity index (χ0) is 24.7. The molecule has 5 rings (SSSR count). The van der Waals surface area contributed by atoms with Gasteiger partial charge in [-0.3, -0.25) is 4.90 Å². The van der Waals surface area contributed by atoms with Gasteiger partial charge in [-0.25, -0.2) is 13.2 Å². The Hall–Kier alpha value is -2.88. The van der Waals surface area contributed by atoms with E-state index in [0.29, 0.717) is 68.9 Å². The van der Waals surface area contributed by atoms with E-state index in [1.165, 1.54) is 9.87 Å². The van der Waals surface area contributed by atoms with Crippen molar-refractivity contribution in [1.82, 2.24) is 9.21 Å². The number of benzene rings is 2. The maximum Gasteiger partial charge on any atom is 0.336 e. The lowest BCUT2D eigenvalue weighted by Gasteiger charge is -2.34. The van der Waals surface area contributed by atoms with Gasteiger partial charge in [-0.15, -0.1) is 0 Å². The lowest BCUT2D eigenvalue weighted by molar-refractivity contribution is 0.170. The maximum atomic E-state index is 13.2. The molecule has 1 fully saturated rings. The van der Waals surface area contributed by atoms with E-state index in [9.17, 15) is 13.2 Å². The molecule has 2 aromatic carbocycles. The molecule has 186 valence electrons. The Morgan fingerprint density at radius 2 is 1.66 bits per heavy atom. The number of sulfonamides is 1. The molecule has 0 N–H and O–H groups in total. The molecule has 35 heavy (non-hydrogen) atoms. The summed E-state index contributed by atoms with van der Waals surface area (Å²) in [5.74, 6) is 1.38. The smallest absolute Gasteiger partial charge is 0.336 e. The van der Waals surface area contributed by atoms with Crippen LogP contribution in [-0.4, -0.2) is 57.0 Å². The summed E-state index contributed by atoms with van der Waals surface area (Å²) in [6.07, 6.45) is 0. The molecule has 8 nitrogen and oxygen atoms in total. The molecule has 0 radical (unpaired) electrons. The van der Waals surface area contributed by atoms with Crippen molar-refractivity contribution >= 4 is 21.0 Å². The van der Waals surface area contributed by atoms with E-state index in [0.717, 1.165) is 16.5 Å². The Balaban J connectivity index is 1.33. The summed E-state index contributed by atoms with van der Waals surface area (Å²) >= 11 is 0. The summed E-state index contributed by atoms with van der Waals surface area (Å²) in [6, 6.07) is 10.4. The van der Waals surface area contributed by atoms with E-state index in [4.69, 9.17) is 13.9 Å². The van der Waals surface area contributed by atoms with Crippen molar-refractivity contribution in [3.8, 4) is 11.5 Å². The molecule has 1 saturated heterocycles. The maximum absolute atomic E-state index is 13.2. The van der Waals surface area contributed by atoms with Gasteiger partial charge < -0.3 is 13.9 Å². The molecule has 2 aliphatic heterocycles. The van der Waals surface area contributed by atoms with Gasteiger partial charge >= 0.3 is 5.63 Å². The Morgan fingerprint density at radius 1 is 0.943 bits per heavy atom. The third-order valence-electron chi connectivity index (χ3n) is 6.72. The quantitative estimate of drug-likeness (QED) is 0.498. The lowest BCUT2D eigenvalue weighted by Crippen LogP contribution is -2.48. The molecule has 0 atom stereocenters. The third-order valence-corrected chi connectivity index (χ3v) is 8.61. The summed E-state index contributed by atoms with van der Waals surface area (Å²) in [7, 11) is -3.65. The highest BCUT2D eigenvalue weighted by Crippen LogP contribution is 2.33. The molecule has 0 bridgehead atoms. The van der Waals surface area contributed by atoms with Gasteiger partial charge in [-0.2, -0.15) is 4.31 Å². The second-order valence-corrected chi connectivity index (χ2v) is 11.4. The van der Waals surface area contributed by atoms with Crippen LogP contribution in [0.1, 0.15) is 36.5 Å². The van der Waals surface area contributed by atoms with E-state index < -0.39 is 10.0 Å². The van der Waals surface area contributed by atoms with Crippen LogP contribution in [-0.2, 0) is 16.6 Å². The first-order valence-electron chi connectivity index (χ1n) is 11.9. The topological polar surface area (TPSA) is 89.3 Å². The van der Waals surface area contributed by atoms with E-state index >= 15 is 0 Å². The van der Waals surface area contributed by atoms with Gasteiger partial charge in [-0.1, -0.05) is 13.8 Å². The summed E-state index contributed by atoms with van der Waals surface area (Å²) in [5.41, 5.74) is 3.45. The minimum Gasteiger partial charge on any atom is -0.486 e. The van der Waals surface area contributed by atoms with Gasteiger partial charge in [0.1, 0.15) is 18.8 Å². The predicted octanol–water partition coefficient (Wildman–Crippen LogP) is 3.50.